The Morgan fingerprint density at radius 1 is 1.19 bits per heavy atom. The van der Waals surface area contributed by atoms with Gasteiger partial charge in [0.1, 0.15) is 42.4 Å². The molecule has 2 aliphatic rings. The van der Waals surface area contributed by atoms with E-state index in [-0.39, 0.29) is 19.1 Å². The molecule has 2 aromatic carbocycles. The van der Waals surface area contributed by atoms with Gasteiger partial charge in [-0.05, 0) is 67.6 Å². The summed E-state index contributed by atoms with van der Waals surface area (Å²) in [5.41, 5.74) is 4.70. The summed E-state index contributed by atoms with van der Waals surface area (Å²) in [5, 5.41) is 20.5. The third-order valence-electron chi connectivity index (χ3n) is 9.12. The number of nitrogens with zero attached hydrogens (tertiary/aromatic N) is 3. The van der Waals surface area contributed by atoms with Crippen molar-refractivity contribution >= 4 is 39.1 Å². The predicted octanol–water partition coefficient (Wildman–Crippen LogP) is 8.14. The Morgan fingerprint density at radius 2 is 2.02 bits per heavy atom. The zero-order chi connectivity index (χ0) is 34.1. The van der Waals surface area contributed by atoms with Crippen LogP contribution in [0.25, 0.3) is 5.57 Å². The van der Waals surface area contributed by atoms with Crippen molar-refractivity contribution in [2.45, 2.75) is 64.3 Å². The van der Waals surface area contributed by atoms with Gasteiger partial charge in [0.25, 0.3) is 0 Å². The van der Waals surface area contributed by atoms with Crippen LogP contribution in [0.5, 0.6) is 11.5 Å². The molecule has 1 aliphatic heterocycles. The van der Waals surface area contributed by atoms with E-state index in [0.717, 1.165) is 35.7 Å². The minimum absolute atomic E-state index is 0.0281. The Balaban J connectivity index is 1.44. The molecule has 1 saturated heterocycles. The summed E-state index contributed by atoms with van der Waals surface area (Å²) >= 11 is 10.4. The first-order chi connectivity index (χ1) is 23.2. The van der Waals surface area contributed by atoms with E-state index in [0.29, 0.717) is 48.2 Å². The molecule has 0 saturated carbocycles. The van der Waals surface area contributed by atoms with Crippen LogP contribution in [-0.2, 0) is 22.7 Å². The second-order valence-corrected chi connectivity index (χ2v) is 13.5. The zero-order valence-electron chi connectivity index (χ0n) is 27.3. The molecule has 1 aliphatic carbocycles. The molecule has 252 valence electrons. The minimum atomic E-state index is -0.832. The molecule has 3 atom stereocenters. The smallest absolute Gasteiger partial charge is 0.320 e. The van der Waals surface area contributed by atoms with Gasteiger partial charge in [-0.15, -0.1) is 0 Å². The lowest BCUT2D eigenvalue weighted by molar-refractivity contribution is -0.144. The van der Waals surface area contributed by atoms with Crippen molar-refractivity contribution in [1.29, 1.82) is 5.26 Å². The van der Waals surface area contributed by atoms with E-state index in [1.54, 1.807) is 24.4 Å². The summed E-state index contributed by atoms with van der Waals surface area (Å²) < 4.78 is 19.5. The maximum absolute atomic E-state index is 12.1. The van der Waals surface area contributed by atoms with E-state index in [2.05, 4.69) is 71.2 Å². The molecule has 1 N–H and O–H groups in total. The van der Waals surface area contributed by atoms with E-state index in [1.807, 2.05) is 17.0 Å². The quantitative estimate of drug-likeness (QED) is 0.131. The topological polar surface area (TPSA) is 105 Å². The number of carboxylic acids is 1. The molecule has 0 spiro atoms. The third kappa shape index (κ3) is 8.48. The number of aromatic nitrogens is 1. The normalized spacial score (nSPS) is 20.9. The van der Waals surface area contributed by atoms with Gasteiger partial charge in [0.05, 0.1) is 10.6 Å². The molecule has 48 heavy (non-hydrogen) atoms. The number of piperidine rings is 1. The molecular formula is C38H41BrClN3O5. The number of aliphatic carboxylic acids is 1. The number of pyridine rings is 1. The van der Waals surface area contributed by atoms with Crippen LogP contribution in [0.2, 0.25) is 5.02 Å². The van der Waals surface area contributed by atoms with Crippen LogP contribution in [0.3, 0.4) is 0 Å². The average molecular weight is 735 g/mol. The fourth-order valence-electron chi connectivity index (χ4n) is 6.39. The number of allylic oxidation sites excluding steroid dienone is 2. The molecule has 3 aromatic rings. The molecule has 0 radical (unpaired) electrons. The van der Waals surface area contributed by atoms with Crippen molar-refractivity contribution in [2.75, 3.05) is 25.1 Å². The van der Waals surface area contributed by atoms with Crippen LogP contribution < -0.4 is 9.47 Å². The van der Waals surface area contributed by atoms with E-state index in [4.69, 9.17) is 25.8 Å². The molecule has 2 heterocycles. The first-order valence-corrected chi connectivity index (χ1v) is 17.8. The van der Waals surface area contributed by atoms with E-state index in [9.17, 15) is 15.2 Å². The number of aryl methyl sites for hydroxylation is 1. The van der Waals surface area contributed by atoms with Crippen LogP contribution in [0.15, 0.2) is 73.1 Å². The second-order valence-electron chi connectivity index (χ2n) is 12.3. The van der Waals surface area contributed by atoms with Gasteiger partial charge in [-0.1, -0.05) is 77.3 Å². The molecule has 0 amide bonds. The summed E-state index contributed by atoms with van der Waals surface area (Å²) in [5.74, 6) is 0.0958. The number of alkyl halides is 1. The van der Waals surface area contributed by atoms with Gasteiger partial charge in [-0.25, -0.2) is 0 Å². The number of carboxylic acid groups (broad SMARTS) is 1. The summed E-state index contributed by atoms with van der Waals surface area (Å²) in [6, 6.07) is 15.2. The highest BCUT2D eigenvalue weighted by Gasteiger charge is 2.40. The predicted molar refractivity (Wildman–Crippen MR) is 190 cm³/mol. The van der Waals surface area contributed by atoms with Gasteiger partial charge in [-0.3, -0.25) is 14.7 Å². The van der Waals surface area contributed by atoms with E-state index in [1.165, 1.54) is 22.9 Å². The van der Waals surface area contributed by atoms with Crippen molar-refractivity contribution in [3.05, 3.63) is 106 Å². The maximum atomic E-state index is 12.1. The lowest BCUT2D eigenvalue weighted by Crippen LogP contribution is -2.45. The summed E-state index contributed by atoms with van der Waals surface area (Å²) in [6.45, 7) is 6.20. The Hall–Kier alpha value is -3.68. The fourth-order valence-corrected chi connectivity index (χ4v) is 6.86. The third-order valence-corrected chi connectivity index (χ3v) is 9.97. The Bertz CT molecular complexity index is 1710. The second kappa shape index (κ2) is 16.6. The van der Waals surface area contributed by atoms with Crippen molar-refractivity contribution in [3.8, 4) is 17.6 Å². The number of halogens is 2. The number of nitriles is 1. The van der Waals surface area contributed by atoms with Gasteiger partial charge >= 0.3 is 5.97 Å². The van der Waals surface area contributed by atoms with Crippen molar-refractivity contribution in [3.63, 3.8) is 0 Å². The zero-order valence-corrected chi connectivity index (χ0v) is 29.7. The Kier molecular flexibility index (Phi) is 12.3. The number of rotatable bonds is 14. The Morgan fingerprint density at radius 3 is 2.79 bits per heavy atom. The highest BCUT2D eigenvalue weighted by atomic mass is 79.9. The molecule has 1 aromatic heterocycles. The minimum Gasteiger partial charge on any atom is -0.489 e. The van der Waals surface area contributed by atoms with Gasteiger partial charge in [0.15, 0.2) is 0 Å². The molecule has 0 bridgehead atoms. The van der Waals surface area contributed by atoms with Gasteiger partial charge < -0.3 is 19.3 Å². The van der Waals surface area contributed by atoms with Crippen LogP contribution >= 0.6 is 27.5 Å². The molecule has 10 heteroatoms. The number of ether oxygens (including phenoxy) is 3. The number of likely N-dealkylation sites (tertiary alicyclic amines) is 1. The highest BCUT2D eigenvalue weighted by Crippen LogP contribution is 2.42. The first kappa shape index (κ1) is 35.6. The van der Waals surface area contributed by atoms with Crippen LogP contribution in [-0.4, -0.2) is 57.7 Å². The SMILES string of the molecule is Cc1ccccc1C1=CC=CC(COc2cc(OCc3cncc(C#N)c3)c(CN3CCCC[C@H]3C(=O)O)cc2Cl)(OCCCBr)C1C. The number of hydrogen-bond donors (Lipinski definition) is 1. The first-order valence-electron chi connectivity index (χ1n) is 16.3. The van der Waals surface area contributed by atoms with Crippen LogP contribution in [0.4, 0.5) is 0 Å². The van der Waals surface area contributed by atoms with Gasteiger partial charge in [0.2, 0.25) is 0 Å². The summed E-state index contributed by atoms with van der Waals surface area (Å²) in [4.78, 5) is 18.2. The summed E-state index contributed by atoms with van der Waals surface area (Å²) in [6.07, 6.45) is 12.6. The molecule has 8 nitrogen and oxygen atoms in total. The molecule has 5 rings (SSSR count). The number of benzene rings is 2. The lowest BCUT2D eigenvalue weighted by atomic mass is 9.76. The van der Waals surface area contributed by atoms with Crippen LogP contribution in [0.1, 0.15) is 60.4 Å². The van der Waals surface area contributed by atoms with E-state index >= 15 is 0 Å². The number of hydrogen-bond acceptors (Lipinski definition) is 7. The maximum Gasteiger partial charge on any atom is 0.320 e. The Labute approximate surface area is 296 Å². The highest BCUT2D eigenvalue weighted by molar-refractivity contribution is 9.09. The standard InChI is InChI=1S/C38H41BrClN3O5/c1-26-9-3-4-10-31(26)32-11-7-13-38(27(32)2,48-16-8-14-39)25-47-36-19-35(46-24-29-17-28(20-41)21-42-22-29)30(18-33(36)40)23-43-15-6-5-12-34(43)37(44)45/h3-4,7,9-11,13,17-19,21-22,27,34H,5-6,8,12,14-16,23-25H2,1-2H3,(H,44,45)/t27?,34-,38?/m0/s1. The van der Waals surface area contributed by atoms with Crippen molar-refractivity contribution < 1.29 is 24.1 Å². The monoisotopic (exact) mass is 733 g/mol. The summed E-state index contributed by atoms with van der Waals surface area (Å²) in [7, 11) is 0. The van der Waals surface area contributed by atoms with Gasteiger partial charge in [0, 0.05) is 54.0 Å². The largest absolute Gasteiger partial charge is 0.489 e. The molecule has 1 fully saturated rings. The van der Waals surface area contributed by atoms with Crippen molar-refractivity contribution in [2.24, 2.45) is 5.92 Å². The fraction of sp³-hybridized carbons (Fsp3) is 0.395. The number of carbonyl (C=O) groups is 1. The molecule has 2 unspecified atom stereocenters. The van der Waals surface area contributed by atoms with Crippen LogP contribution in [0, 0.1) is 24.2 Å². The van der Waals surface area contributed by atoms with E-state index < -0.39 is 17.6 Å². The van der Waals surface area contributed by atoms with Gasteiger partial charge in [-0.2, -0.15) is 5.26 Å². The van der Waals surface area contributed by atoms with Crippen molar-refractivity contribution in [1.82, 2.24) is 9.88 Å². The molecular weight excluding hydrogens is 694 g/mol. The average Bonchev–Trinajstić information content (AvgIpc) is 3.09. The lowest BCUT2D eigenvalue weighted by Gasteiger charge is -2.40.